The smallest absolute Gasteiger partial charge is 0.322 e. The van der Waals surface area contributed by atoms with E-state index in [2.05, 4.69) is 15.3 Å². The maximum absolute atomic E-state index is 13.4. The van der Waals surface area contributed by atoms with E-state index in [4.69, 9.17) is 0 Å². The fourth-order valence-corrected chi connectivity index (χ4v) is 4.13. The Morgan fingerprint density at radius 3 is 2.68 bits per heavy atom. The van der Waals surface area contributed by atoms with E-state index < -0.39 is 11.6 Å². The first kappa shape index (κ1) is 20.6. The second-order valence-electron chi connectivity index (χ2n) is 7.60. The van der Waals surface area contributed by atoms with Crippen molar-refractivity contribution < 1.29 is 18.0 Å². The van der Waals surface area contributed by atoms with Crippen molar-refractivity contribution in [2.75, 3.05) is 11.9 Å². The van der Waals surface area contributed by atoms with Crippen LogP contribution in [-0.4, -0.2) is 39.7 Å². The summed E-state index contributed by atoms with van der Waals surface area (Å²) in [4.78, 5) is 23.2. The molecular formula is C19H23F3N4OS. The highest BCUT2D eigenvalue weighted by atomic mass is 32.1. The summed E-state index contributed by atoms with van der Waals surface area (Å²) >= 11 is 1.25. The number of halogens is 3. The number of aromatic nitrogens is 2. The molecule has 0 saturated carbocycles. The van der Waals surface area contributed by atoms with Crippen molar-refractivity contribution in [2.24, 2.45) is 0 Å². The molecule has 2 aromatic rings. The Hall–Kier alpha value is -2.16. The van der Waals surface area contributed by atoms with Crippen LogP contribution in [0.3, 0.4) is 0 Å². The summed E-state index contributed by atoms with van der Waals surface area (Å²) in [5.74, 6) is 0. The SMILES string of the molecule is Cc1nc(NC(=O)N2CCC[C@H]2C)sc1-c1ccnc(C(C)(C)C(F)(F)F)c1. The fourth-order valence-electron chi connectivity index (χ4n) is 3.17. The Balaban J connectivity index is 1.85. The first-order chi connectivity index (χ1) is 13.0. The Bertz CT molecular complexity index is 878. The minimum absolute atomic E-state index is 0.0539. The van der Waals surface area contributed by atoms with Crippen LogP contribution in [0, 0.1) is 6.92 Å². The summed E-state index contributed by atoms with van der Waals surface area (Å²) in [7, 11) is 0. The average molecular weight is 412 g/mol. The largest absolute Gasteiger partial charge is 0.399 e. The third-order valence-corrected chi connectivity index (χ3v) is 6.32. The Labute approximate surface area is 166 Å². The molecule has 9 heteroatoms. The van der Waals surface area contributed by atoms with Crippen molar-refractivity contribution in [2.45, 2.75) is 58.2 Å². The molecule has 1 N–H and O–H groups in total. The van der Waals surface area contributed by atoms with Crippen LogP contribution in [0.5, 0.6) is 0 Å². The number of aryl methyl sites for hydroxylation is 1. The van der Waals surface area contributed by atoms with Gasteiger partial charge >= 0.3 is 12.2 Å². The lowest BCUT2D eigenvalue weighted by atomic mass is 9.87. The molecule has 1 atom stereocenters. The number of pyridine rings is 1. The van der Waals surface area contributed by atoms with Gasteiger partial charge in [0, 0.05) is 18.8 Å². The number of nitrogens with zero attached hydrogens (tertiary/aromatic N) is 3. The zero-order valence-electron chi connectivity index (χ0n) is 16.2. The van der Waals surface area contributed by atoms with Crippen LogP contribution >= 0.6 is 11.3 Å². The number of amides is 2. The predicted molar refractivity (Wildman–Crippen MR) is 104 cm³/mol. The quantitative estimate of drug-likeness (QED) is 0.737. The molecular weight excluding hydrogens is 389 g/mol. The van der Waals surface area contributed by atoms with Crippen molar-refractivity contribution in [1.29, 1.82) is 0 Å². The highest BCUT2D eigenvalue weighted by Crippen LogP contribution is 2.41. The van der Waals surface area contributed by atoms with Gasteiger partial charge in [-0.05, 0) is 58.2 Å². The molecule has 5 nitrogen and oxygen atoms in total. The average Bonchev–Trinajstić information content (AvgIpc) is 3.19. The number of nitrogens with one attached hydrogen (secondary N) is 1. The van der Waals surface area contributed by atoms with Gasteiger partial charge < -0.3 is 4.90 Å². The van der Waals surface area contributed by atoms with Crippen LogP contribution in [-0.2, 0) is 5.41 Å². The summed E-state index contributed by atoms with van der Waals surface area (Å²) in [5, 5.41) is 3.25. The third kappa shape index (κ3) is 3.85. The summed E-state index contributed by atoms with van der Waals surface area (Å²) in [5.41, 5.74) is -0.865. The zero-order valence-corrected chi connectivity index (χ0v) is 17.0. The third-order valence-electron chi connectivity index (χ3n) is 5.20. The van der Waals surface area contributed by atoms with Crippen molar-refractivity contribution in [3.05, 3.63) is 29.7 Å². The van der Waals surface area contributed by atoms with Crippen LogP contribution in [0.15, 0.2) is 18.3 Å². The molecule has 0 radical (unpaired) electrons. The molecule has 0 spiro atoms. The highest BCUT2D eigenvalue weighted by Gasteiger charge is 2.49. The van der Waals surface area contributed by atoms with Gasteiger partial charge in [0.2, 0.25) is 0 Å². The normalized spacial score (nSPS) is 17.8. The first-order valence-electron chi connectivity index (χ1n) is 9.09. The van der Waals surface area contributed by atoms with E-state index in [1.165, 1.54) is 23.6 Å². The zero-order chi connectivity index (χ0) is 20.7. The lowest BCUT2D eigenvalue weighted by Gasteiger charge is -2.27. The number of anilines is 1. The summed E-state index contributed by atoms with van der Waals surface area (Å²) in [6.07, 6.45) is -1.08. The molecule has 1 fully saturated rings. The number of alkyl halides is 3. The van der Waals surface area contributed by atoms with Gasteiger partial charge in [0.15, 0.2) is 5.13 Å². The number of hydrogen-bond acceptors (Lipinski definition) is 4. The highest BCUT2D eigenvalue weighted by molar-refractivity contribution is 7.19. The molecule has 3 rings (SSSR count). The van der Waals surface area contributed by atoms with Crippen LogP contribution in [0.1, 0.15) is 45.0 Å². The summed E-state index contributed by atoms with van der Waals surface area (Å²) in [6.45, 7) is 6.72. The van der Waals surface area contributed by atoms with Crippen molar-refractivity contribution in [1.82, 2.24) is 14.9 Å². The molecule has 152 valence electrons. The van der Waals surface area contributed by atoms with Crippen LogP contribution in [0.25, 0.3) is 10.4 Å². The molecule has 2 amide bonds. The molecule has 1 saturated heterocycles. The maximum atomic E-state index is 13.4. The lowest BCUT2D eigenvalue weighted by molar-refractivity contribution is -0.181. The standard InChI is InChI=1S/C19H23F3N4OS/c1-11-6-5-9-26(11)17(27)25-16-24-12(2)15(28-16)13-7-8-23-14(10-13)18(3,4)19(20,21)22/h7-8,10-11H,5-6,9H2,1-4H3,(H,24,25,27)/t11-/m1/s1. The summed E-state index contributed by atoms with van der Waals surface area (Å²) in [6, 6.07) is 3.10. The number of carbonyl (C=O) groups is 1. The molecule has 3 heterocycles. The van der Waals surface area contributed by atoms with Gasteiger partial charge in [-0.25, -0.2) is 9.78 Å². The second-order valence-corrected chi connectivity index (χ2v) is 8.60. The number of carbonyl (C=O) groups excluding carboxylic acids is 1. The molecule has 0 bridgehead atoms. The van der Waals surface area contributed by atoms with Crippen molar-refractivity contribution >= 4 is 22.5 Å². The monoisotopic (exact) mass is 412 g/mol. The van der Waals surface area contributed by atoms with Gasteiger partial charge in [0.1, 0.15) is 5.41 Å². The van der Waals surface area contributed by atoms with E-state index in [-0.39, 0.29) is 17.8 Å². The van der Waals surface area contributed by atoms with Crippen LogP contribution < -0.4 is 5.32 Å². The topological polar surface area (TPSA) is 58.1 Å². The molecule has 0 aromatic carbocycles. The minimum atomic E-state index is -4.41. The van der Waals surface area contributed by atoms with Crippen molar-refractivity contribution in [3.63, 3.8) is 0 Å². The van der Waals surface area contributed by atoms with E-state index in [0.717, 1.165) is 26.7 Å². The maximum Gasteiger partial charge on any atom is 0.399 e. The van der Waals surface area contributed by atoms with Gasteiger partial charge in [-0.3, -0.25) is 10.3 Å². The number of urea groups is 1. The second kappa shape index (κ2) is 7.35. The van der Waals surface area contributed by atoms with Gasteiger partial charge in [0.05, 0.1) is 16.3 Å². The van der Waals surface area contributed by atoms with Gasteiger partial charge in [0.25, 0.3) is 0 Å². The van der Waals surface area contributed by atoms with E-state index in [9.17, 15) is 18.0 Å². The Kier molecular flexibility index (Phi) is 5.40. The Morgan fingerprint density at radius 2 is 2.07 bits per heavy atom. The molecule has 2 aromatic heterocycles. The molecule has 28 heavy (non-hydrogen) atoms. The Morgan fingerprint density at radius 1 is 1.36 bits per heavy atom. The molecule has 0 aliphatic carbocycles. The molecule has 1 aliphatic rings. The molecule has 1 aliphatic heterocycles. The molecule has 0 unspecified atom stereocenters. The van der Waals surface area contributed by atoms with E-state index in [0.29, 0.717) is 27.8 Å². The first-order valence-corrected chi connectivity index (χ1v) is 9.91. The minimum Gasteiger partial charge on any atom is -0.322 e. The van der Waals surface area contributed by atoms with Crippen molar-refractivity contribution in [3.8, 4) is 10.4 Å². The number of thiazole rings is 1. The van der Waals surface area contributed by atoms with Gasteiger partial charge in [-0.15, -0.1) is 0 Å². The number of rotatable bonds is 3. The van der Waals surface area contributed by atoms with E-state index in [1.807, 2.05) is 6.92 Å². The van der Waals surface area contributed by atoms with E-state index in [1.54, 1.807) is 17.9 Å². The van der Waals surface area contributed by atoms with Gasteiger partial charge in [-0.1, -0.05) is 11.3 Å². The van der Waals surface area contributed by atoms with E-state index >= 15 is 0 Å². The number of hydrogen-bond donors (Lipinski definition) is 1. The summed E-state index contributed by atoms with van der Waals surface area (Å²) < 4.78 is 40.1. The van der Waals surface area contributed by atoms with Crippen LogP contribution in [0.4, 0.5) is 23.1 Å². The van der Waals surface area contributed by atoms with Crippen LogP contribution in [0.2, 0.25) is 0 Å². The predicted octanol–water partition coefficient (Wildman–Crippen LogP) is 5.37. The number of likely N-dealkylation sites (tertiary alicyclic amines) is 1. The fraction of sp³-hybridized carbons (Fsp3) is 0.526. The lowest BCUT2D eigenvalue weighted by Crippen LogP contribution is -2.37. The van der Waals surface area contributed by atoms with Gasteiger partial charge in [-0.2, -0.15) is 13.2 Å².